The van der Waals surface area contributed by atoms with Crippen LogP contribution in [0.1, 0.15) is 30.0 Å². The Bertz CT molecular complexity index is 829. The number of rotatable bonds is 1. The van der Waals surface area contributed by atoms with Crippen LogP contribution in [-0.2, 0) is 6.42 Å². The molecular formula is C17H14ClF2N3O. The average molecular weight is 350 g/mol. The molecular weight excluding hydrogens is 336 g/mol. The molecule has 0 saturated carbocycles. The first-order chi connectivity index (χ1) is 11.5. The highest BCUT2D eigenvalue weighted by Gasteiger charge is 2.43. The maximum atomic E-state index is 13.9. The van der Waals surface area contributed by atoms with Crippen molar-refractivity contribution in [3.63, 3.8) is 0 Å². The molecule has 0 radical (unpaired) electrons. The van der Waals surface area contributed by atoms with Crippen molar-refractivity contribution in [1.82, 2.24) is 9.88 Å². The second-order valence-corrected chi connectivity index (χ2v) is 6.52. The lowest BCUT2D eigenvalue weighted by molar-refractivity contribution is 0.178. The van der Waals surface area contributed by atoms with Crippen molar-refractivity contribution in [3.05, 3.63) is 58.4 Å². The molecule has 0 unspecified atom stereocenters. The van der Waals surface area contributed by atoms with Crippen LogP contribution in [0, 0.1) is 11.8 Å². The summed E-state index contributed by atoms with van der Waals surface area (Å²) < 4.78 is 27.8. The smallest absolute Gasteiger partial charge is 0.314 e. The summed E-state index contributed by atoms with van der Waals surface area (Å²) in [6, 6.07) is 5.04. The first-order valence-electron chi connectivity index (χ1n) is 7.72. The van der Waals surface area contributed by atoms with Gasteiger partial charge in [-0.2, -0.15) is 4.39 Å². The summed E-state index contributed by atoms with van der Waals surface area (Å²) in [7, 11) is 0. The largest absolute Gasteiger partial charge is 0.322 e. The Balaban J connectivity index is 1.63. The molecule has 0 spiro atoms. The van der Waals surface area contributed by atoms with E-state index in [4.69, 9.17) is 11.6 Å². The second kappa shape index (κ2) is 5.70. The summed E-state index contributed by atoms with van der Waals surface area (Å²) in [5.41, 5.74) is 1.42. The van der Waals surface area contributed by atoms with E-state index in [9.17, 15) is 13.6 Å². The van der Waals surface area contributed by atoms with Gasteiger partial charge in [0.25, 0.3) is 0 Å². The monoisotopic (exact) mass is 349 g/mol. The predicted molar refractivity (Wildman–Crippen MR) is 85.9 cm³/mol. The molecule has 1 aromatic heterocycles. The van der Waals surface area contributed by atoms with Gasteiger partial charge in [-0.05, 0) is 49.1 Å². The Morgan fingerprint density at radius 3 is 2.96 bits per heavy atom. The number of anilines is 1. The zero-order valence-corrected chi connectivity index (χ0v) is 13.4. The van der Waals surface area contributed by atoms with E-state index in [0.29, 0.717) is 17.0 Å². The third kappa shape index (κ3) is 2.41. The van der Waals surface area contributed by atoms with E-state index in [1.807, 2.05) is 0 Å². The first-order valence-corrected chi connectivity index (χ1v) is 8.10. The van der Waals surface area contributed by atoms with Crippen LogP contribution in [0.25, 0.3) is 0 Å². The number of aromatic nitrogens is 1. The highest BCUT2D eigenvalue weighted by Crippen LogP contribution is 2.44. The fourth-order valence-corrected chi connectivity index (χ4v) is 3.87. The molecule has 4 rings (SSSR count). The minimum Gasteiger partial charge on any atom is -0.314 e. The maximum Gasteiger partial charge on any atom is 0.322 e. The Labute approximate surface area is 142 Å². The van der Waals surface area contributed by atoms with Gasteiger partial charge < -0.3 is 10.2 Å². The molecule has 3 heterocycles. The highest BCUT2D eigenvalue weighted by molar-refractivity contribution is 6.30. The molecule has 2 aliphatic rings. The highest BCUT2D eigenvalue weighted by atomic mass is 35.5. The number of carbonyl (C=O) groups is 1. The minimum absolute atomic E-state index is 0.0404. The summed E-state index contributed by atoms with van der Waals surface area (Å²) >= 11 is 5.86. The Morgan fingerprint density at radius 1 is 1.29 bits per heavy atom. The first kappa shape index (κ1) is 15.3. The lowest BCUT2D eigenvalue weighted by atomic mass is 9.95. The van der Waals surface area contributed by atoms with E-state index in [-0.39, 0.29) is 17.8 Å². The van der Waals surface area contributed by atoms with Gasteiger partial charge >= 0.3 is 6.03 Å². The van der Waals surface area contributed by atoms with Gasteiger partial charge in [0.05, 0.1) is 11.7 Å². The molecule has 7 heteroatoms. The Kier molecular flexibility index (Phi) is 3.64. The van der Waals surface area contributed by atoms with Crippen molar-refractivity contribution < 1.29 is 13.6 Å². The Morgan fingerprint density at radius 2 is 2.12 bits per heavy atom. The number of carbonyl (C=O) groups excluding carboxylic acids is 1. The normalized spacial score (nSPS) is 21.5. The van der Waals surface area contributed by atoms with Crippen LogP contribution in [0.2, 0.25) is 5.02 Å². The molecule has 124 valence electrons. The Hall–Kier alpha value is -2.21. The van der Waals surface area contributed by atoms with Crippen LogP contribution in [0.15, 0.2) is 30.5 Å². The molecule has 2 bridgehead atoms. The average Bonchev–Trinajstić information content (AvgIpc) is 2.87. The number of benzene rings is 1. The quantitative estimate of drug-likeness (QED) is 0.780. The van der Waals surface area contributed by atoms with Crippen molar-refractivity contribution in [3.8, 4) is 0 Å². The van der Waals surface area contributed by atoms with Gasteiger partial charge in [-0.1, -0.05) is 11.6 Å². The zero-order chi connectivity index (χ0) is 16.8. The summed E-state index contributed by atoms with van der Waals surface area (Å²) in [6.07, 6.45) is 3.38. The number of hydrogen-bond acceptors (Lipinski definition) is 2. The van der Waals surface area contributed by atoms with Crippen molar-refractivity contribution >= 4 is 23.3 Å². The van der Waals surface area contributed by atoms with Crippen LogP contribution in [-0.4, -0.2) is 22.0 Å². The van der Waals surface area contributed by atoms with E-state index < -0.39 is 17.8 Å². The van der Waals surface area contributed by atoms with Gasteiger partial charge in [-0.3, -0.25) is 0 Å². The van der Waals surface area contributed by atoms with Crippen molar-refractivity contribution in [2.75, 3.05) is 5.32 Å². The topological polar surface area (TPSA) is 45.2 Å². The van der Waals surface area contributed by atoms with Gasteiger partial charge in [-0.15, -0.1) is 0 Å². The molecule has 1 saturated heterocycles. The number of halogens is 3. The number of hydrogen-bond donors (Lipinski definition) is 1. The van der Waals surface area contributed by atoms with Crippen molar-refractivity contribution in [1.29, 1.82) is 0 Å². The van der Waals surface area contributed by atoms with Crippen molar-refractivity contribution in [2.24, 2.45) is 0 Å². The van der Waals surface area contributed by atoms with Crippen LogP contribution >= 0.6 is 11.6 Å². The summed E-state index contributed by atoms with van der Waals surface area (Å²) in [5, 5.41) is 2.92. The number of nitrogens with zero attached hydrogens (tertiary/aromatic N) is 2. The minimum atomic E-state index is -0.548. The molecule has 2 aliphatic heterocycles. The van der Waals surface area contributed by atoms with E-state index in [0.717, 1.165) is 18.4 Å². The molecule has 0 aliphatic carbocycles. The van der Waals surface area contributed by atoms with Gasteiger partial charge in [-0.25, -0.2) is 14.2 Å². The van der Waals surface area contributed by atoms with Crippen molar-refractivity contribution in [2.45, 2.75) is 31.3 Å². The van der Waals surface area contributed by atoms with E-state index >= 15 is 0 Å². The number of urea groups is 1. The van der Waals surface area contributed by atoms with Crippen LogP contribution in [0.5, 0.6) is 0 Å². The van der Waals surface area contributed by atoms with E-state index in [2.05, 4.69) is 10.3 Å². The lowest BCUT2D eigenvalue weighted by Gasteiger charge is -2.36. The van der Waals surface area contributed by atoms with Gasteiger partial charge in [0.1, 0.15) is 5.82 Å². The van der Waals surface area contributed by atoms with Crippen LogP contribution in [0.3, 0.4) is 0 Å². The summed E-state index contributed by atoms with van der Waals surface area (Å²) in [5.74, 6) is -1.02. The molecule has 2 atom stereocenters. The SMILES string of the molecule is O=C(Nc1cc(Cl)ccc1F)N1[C@@H]2CC[C@H]1c1ccnc(F)c1C2. The molecule has 1 aromatic carbocycles. The summed E-state index contributed by atoms with van der Waals surface area (Å²) in [6.45, 7) is 0. The van der Waals surface area contributed by atoms with Crippen LogP contribution < -0.4 is 5.32 Å². The summed E-state index contributed by atoms with van der Waals surface area (Å²) in [4.78, 5) is 18.1. The number of fused-ring (bicyclic) bond motifs is 4. The van der Waals surface area contributed by atoms with Gasteiger partial charge in [0.15, 0.2) is 0 Å². The fourth-order valence-electron chi connectivity index (χ4n) is 3.70. The molecule has 1 fully saturated rings. The number of pyridine rings is 1. The van der Waals surface area contributed by atoms with Gasteiger partial charge in [0.2, 0.25) is 5.95 Å². The molecule has 24 heavy (non-hydrogen) atoms. The zero-order valence-electron chi connectivity index (χ0n) is 12.6. The predicted octanol–water partition coefficient (Wildman–Crippen LogP) is 4.31. The van der Waals surface area contributed by atoms with Crippen LogP contribution in [0.4, 0.5) is 19.3 Å². The standard InChI is InChI=1S/C17H14ClF2N3O/c18-9-1-3-13(19)14(7-9)22-17(24)23-10-2-4-15(23)11-5-6-21-16(20)12(11)8-10/h1,3,5-7,10,15H,2,4,8H2,(H,22,24)/t10-,15+/m1/s1. The molecule has 2 aromatic rings. The van der Waals surface area contributed by atoms with Gasteiger partial charge in [0, 0.05) is 22.8 Å². The third-order valence-electron chi connectivity index (χ3n) is 4.75. The lowest BCUT2D eigenvalue weighted by Crippen LogP contribution is -2.44. The number of nitrogens with one attached hydrogen (secondary N) is 1. The molecule has 2 amide bonds. The number of amides is 2. The second-order valence-electron chi connectivity index (χ2n) is 6.08. The van der Waals surface area contributed by atoms with E-state index in [1.165, 1.54) is 24.4 Å². The fraction of sp³-hybridized carbons (Fsp3) is 0.294. The maximum absolute atomic E-state index is 13.9. The molecule has 4 nitrogen and oxygen atoms in total. The molecule has 1 N–H and O–H groups in total. The third-order valence-corrected chi connectivity index (χ3v) is 4.98. The van der Waals surface area contributed by atoms with E-state index in [1.54, 1.807) is 11.0 Å².